The van der Waals surface area contributed by atoms with Gasteiger partial charge in [0.1, 0.15) is 17.1 Å². The predicted octanol–water partition coefficient (Wildman–Crippen LogP) is 2.02. The number of carboxylic acids is 1. The minimum atomic E-state index is -0.968. The zero-order valence-electron chi connectivity index (χ0n) is 11.5. The summed E-state index contributed by atoms with van der Waals surface area (Å²) in [6.07, 6.45) is 3.84. The molecule has 2 N–H and O–H groups in total. The van der Waals surface area contributed by atoms with Crippen LogP contribution >= 0.6 is 0 Å². The molecule has 1 saturated carbocycles. The minimum absolute atomic E-state index is 0.211. The molecule has 5 nitrogen and oxygen atoms in total. The highest BCUT2D eigenvalue weighted by Crippen LogP contribution is 2.30. The third-order valence-corrected chi connectivity index (χ3v) is 3.72. The van der Waals surface area contributed by atoms with Crippen molar-refractivity contribution in [3.8, 4) is 0 Å². The summed E-state index contributed by atoms with van der Waals surface area (Å²) < 4.78 is 5.44. The molecule has 0 saturated heterocycles. The lowest BCUT2D eigenvalue weighted by Gasteiger charge is -2.27. The van der Waals surface area contributed by atoms with Crippen molar-refractivity contribution in [2.45, 2.75) is 44.8 Å². The topological polar surface area (TPSA) is 73.9 Å². The maximum atomic E-state index is 10.9. The van der Waals surface area contributed by atoms with Crippen LogP contribution in [0.15, 0.2) is 10.5 Å². The third kappa shape index (κ3) is 3.36. The molecule has 0 aliphatic heterocycles. The summed E-state index contributed by atoms with van der Waals surface area (Å²) in [5.41, 5.74) is -0.380. The lowest BCUT2D eigenvalue weighted by molar-refractivity contribution is 0.0131. The van der Waals surface area contributed by atoms with Gasteiger partial charge in [-0.15, -0.1) is 0 Å². The molecule has 2 rings (SSSR count). The number of hydrogen-bond donors (Lipinski definition) is 2. The van der Waals surface area contributed by atoms with E-state index in [-0.39, 0.29) is 5.56 Å². The zero-order chi connectivity index (χ0) is 14.0. The fourth-order valence-electron chi connectivity index (χ4n) is 2.85. The number of rotatable bonds is 5. The molecule has 0 spiro atoms. The van der Waals surface area contributed by atoms with E-state index in [2.05, 4.69) is 0 Å². The van der Waals surface area contributed by atoms with Gasteiger partial charge in [-0.05, 0) is 32.9 Å². The highest BCUT2D eigenvalue weighted by Gasteiger charge is 2.32. The smallest absolute Gasteiger partial charge is 0.339 e. The van der Waals surface area contributed by atoms with E-state index in [4.69, 9.17) is 9.52 Å². The summed E-state index contributed by atoms with van der Waals surface area (Å²) in [5, 5.41) is 19.3. The van der Waals surface area contributed by atoms with Crippen LogP contribution in [0.25, 0.3) is 0 Å². The zero-order valence-corrected chi connectivity index (χ0v) is 11.5. The maximum absolute atomic E-state index is 10.9. The van der Waals surface area contributed by atoms with Gasteiger partial charge in [0.25, 0.3) is 0 Å². The van der Waals surface area contributed by atoms with Gasteiger partial charge in [-0.2, -0.15) is 0 Å². The molecule has 19 heavy (non-hydrogen) atoms. The molecule has 0 radical (unpaired) electrons. The quantitative estimate of drug-likeness (QED) is 0.853. The van der Waals surface area contributed by atoms with Gasteiger partial charge >= 0.3 is 5.97 Å². The van der Waals surface area contributed by atoms with Crippen molar-refractivity contribution >= 4 is 5.97 Å². The maximum Gasteiger partial charge on any atom is 0.339 e. The van der Waals surface area contributed by atoms with Crippen molar-refractivity contribution in [2.24, 2.45) is 0 Å². The normalized spacial score (nSPS) is 18.1. The van der Waals surface area contributed by atoms with Gasteiger partial charge in [-0.25, -0.2) is 4.79 Å². The molecule has 5 heteroatoms. The Labute approximate surface area is 112 Å². The lowest BCUT2D eigenvalue weighted by atomic mass is 10.0. The van der Waals surface area contributed by atoms with Crippen molar-refractivity contribution in [3.05, 3.63) is 23.2 Å². The number of aromatic carboxylic acids is 1. The van der Waals surface area contributed by atoms with E-state index in [1.165, 1.54) is 0 Å². The van der Waals surface area contributed by atoms with Crippen molar-refractivity contribution in [3.63, 3.8) is 0 Å². The number of carbonyl (C=O) groups is 1. The first-order valence-electron chi connectivity index (χ1n) is 6.63. The Hall–Kier alpha value is -1.33. The molecule has 0 bridgehead atoms. The van der Waals surface area contributed by atoms with E-state index in [1.807, 2.05) is 11.9 Å². The van der Waals surface area contributed by atoms with Gasteiger partial charge < -0.3 is 14.6 Å². The highest BCUT2D eigenvalue weighted by atomic mass is 16.4. The average molecular weight is 267 g/mol. The van der Waals surface area contributed by atoms with Gasteiger partial charge in [0.15, 0.2) is 0 Å². The predicted molar refractivity (Wildman–Crippen MR) is 70.2 cm³/mol. The first-order chi connectivity index (χ1) is 8.89. The summed E-state index contributed by atoms with van der Waals surface area (Å²) in [5.74, 6) is 0.0825. The number of furan rings is 1. The summed E-state index contributed by atoms with van der Waals surface area (Å²) in [7, 11) is 1.91. The first kappa shape index (κ1) is 14.1. The fraction of sp³-hybridized carbons (Fsp3) is 0.643. The Morgan fingerprint density at radius 1 is 1.47 bits per heavy atom. The second kappa shape index (κ2) is 5.35. The molecule has 1 aromatic heterocycles. The number of hydrogen-bond acceptors (Lipinski definition) is 4. The SMILES string of the molecule is Cc1oc(CN(C)CC2(O)CCCC2)cc1C(=O)O. The fourth-order valence-corrected chi connectivity index (χ4v) is 2.85. The number of nitrogens with zero attached hydrogens (tertiary/aromatic N) is 1. The summed E-state index contributed by atoms with van der Waals surface area (Å²) >= 11 is 0. The highest BCUT2D eigenvalue weighted by molar-refractivity contribution is 5.88. The summed E-state index contributed by atoms with van der Waals surface area (Å²) in [6.45, 7) is 2.75. The molecule has 0 atom stereocenters. The molecule has 1 heterocycles. The van der Waals surface area contributed by atoms with Crippen LogP contribution in [-0.4, -0.2) is 40.3 Å². The largest absolute Gasteiger partial charge is 0.478 e. The number of likely N-dealkylation sites (N-methyl/N-ethyl adjacent to an activating group) is 1. The van der Waals surface area contributed by atoms with Crippen molar-refractivity contribution < 1.29 is 19.4 Å². The van der Waals surface area contributed by atoms with E-state index in [0.717, 1.165) is 25.7 Å². The van der Waals surface area contributed by atoms with Gasteiger partial charge in [0, 0.05) is 6.54 Å². The van der Waals surface area contributed by atoms with E-state index in [1.54, 1.807) is 13.0 Å². The van der Waals surface area contributed by atoms with Crippen molar-refractivity contribution in [1.82, 2.24) is 4.90 Å². The molecule has 0 unspecified atom stereocenters. The van der Waals surface area contributed by atoms with E-state index in [9.17, 15) is 9.90 Å². The summed E-state index contributed by atoms with van der Waals surface area (Å²) in [4.78, 5) is 12.9. The van der Waals surface area contributed by atoms with Crippen LogP contribution in [0.3, 0.4) is 0 Å². The standard InChI is InChI=1S/C14H21NO4/c1-10-12(13(16)17)7-11(19-10)8-15(2)9-14(18)5-3-4-6-14/h7,18H,3-6,8-9H2,1-2H3,(H,16,17). The van der Waals surface area contributed by atoms with E-state index in [0.29, 0.717) is 24.6 Å². The Morgan fingerprint density at radius 3 is 2.63 bits per heavy atom. The van der Waals surface area contributed by atoms with Crippen LogP contribution in [0.1, 0.15) is 47.6 Å². The molecule has 1 fully saturated rings. The van der Waals surface area contributed by atoms with Gasteiger partial charge in [-0.1, -0.05) is 12.8 Å². The van der Waals surface area contributed by atoms with Crippen molar-refractivity contribution in [2.75, 3.05) is 13.6 Å². The molecule has 106 valence electrons. The van der Waals surface area contributed by atoms with Crippen LogP contribution in [0.2, 0.25) is 0 Å². The van der Waals surface area contributed by atoms with Gasteiger partial charge in [-0.3, -0.25) is 4.90 Å². The Morgan fingerprint density at radius 2 is 2.11 bits per heavy atom. The second-order valence-corrected chi connectivity index (χ2v) is 5.59. The number of aryl methyl sites for hydroxylation is 1. The average Bonchev–Trinajstić information content (AvgIpc) is 2.85. The number of carboxylic acid groups (broad SMARTS) is 1. The summed E-state index contributed by atoms with van der Waals surface area (Å²) in [6, 6.07) is 1.56. The Bertz CT molecular complexity index is 460. The van der Waals surface area contributed by atoms with Crippen LogP contribution in [0.5, 0.6) is 0 Å². The first-order valence-corrected chi connectivity index (χ1v) is 6.63. The van der Waals surface area contributed by atoms with Crippen LogP contribution in [0.4, 0.5) is 0 Å². The molecule has 1 aliphatic carbocycles. The van der Waals surface area contributed by atoms with Gasteiger partial charge in [0.2, 0.25) is 0 Å². The molecule has 0 aromatic carbocycles. The third-order valence-electron chi connectivity index (χ3n) is 3.72. The molecule has 1 aliphatic rings. The monoisotopic (exact) mass is 267 g/mol. The van der Waals surface area contributed by atoms with Crippen LogP contribution < -0.4 is 0 Å². The van der Waals surface area contributed by atoms with E-state index < -0.39 is 11.6 Å². The Balaban J connectivity index is 1.97. The Kier molecular flexibility index (Phi) is 3.96. The minimum Gasteiger partial charge on any atom is -0.478 e. The van der Waals surface area contributed by atoms with Crippen LogP contribution in [-0.2, 0) is 6.54 Å². The molecule has 0 amide bonds. The molecular formula is C14H21NO4. The molecular weight excluding hydrogens is 246 g/mol. The lowest BCUT2D eigenvalue weighted by Crippen LogP contribution is -2.38. The van der Waals surface area contributed by atoms with Crippen molar-refractivity contribution in [1.29, 1.82) is 0 Å². The molecule has 1 aromatic rings. The van der Waals surface area contributed by atoms with E-state index >= 15 is 0 Å². The van der Waals surface area contributed by atoms with Crippen LogP contribution in [0, 0.1) is 6.92 Å². The number of aliphatic hydroxyl groups is 1. The second-order valence-electron chi connectivity index (χ2n) is 5.59. The van der Waals surface area contributed by atoms with Gasteiger partial charge in [0.05, 0.1) is 12.1 Å².